The number of carbonyl (C=O) groups is 1. The van der Waals surface area contributed by atoms with Crippen LogP contribution in [0.15, 0.2) is 33.2 Å². The zero-order valence-electron chi connectivity index (χ0n) is 12.5. The van der Waals surface area contributed by atoms with Crippen molar-refractivity contribution in [2.24, 2.45) is 0 Å². The van der Waals surface area contributed by atoms with Gasteiger partial charge in [-0.2, -0.15) is 0 Å². The zero-order valence-corrected chi connectivity index (χ0v) is 16.4. The van der Waals surface area contributed by atoms with Crippen molar-refractivity contribution in [2.75, 3.05) is 11.9 Å². The Kier molecular flexibility index (Phi) is 4.90. The van der Waals surface area contributed by atoms with Gasteiger partial charge < -0.3 is 15.2 Å². The number of rotatable bonds is 3. The number of phenols is 1. The SMILES string of the molecule is CCOc1cc(/C=C2/C(=O)Nc3c(Br)cc(Br)cc32)cc(Cl)c1O. The topological polar surface area (TPSA) is 58.6 Å². The van der Waals surface area contributed by atoms with E-state index in [0.717, 1.165) is 20.2 Å². The first kappa shape index (κ1) is 17.3. The summed E-state index contributed by atoms with van der Waals surface area (Å²) in [5.41, 5.74) is 2.68. The van der Waals surface area contributed by atoms with E-state index in [1.165, 1.54) is 0 Å². The monoisotopic (exact) mass is 471 g/mol. The third kappa shape index (κ3) is 3.18. The number of hydrogen-bond acceptors (Lipinski definition) is 3. The van der Waals surface area contributed by atoms with E-state index in [1.54, 1.807) is 18.2 Å². The molecular weight excluding hydrogens is 461 g/mol. The van der Waals surface area contributed by atoms with E-state index >= 15 is 0 Å². The van der Waals surface area contributed by atoms with E-state index in [4.69, 9.17) is 16.3 Å². The van der Waals surface area contributed by atoms with Gasteiger partial charge in [-0.25, -0.2) is 0 Å². The van der Waals surface area contributed by atoms with E-state index in [0.29, 0.717) is 17.7 Å². The third-order valence-electron chi connectivity index (χ3n) is 3.49. The lowest BCUT2D eigenvalue weighted by Crippen LogP contribution is -2.03. The maximum Gasteiger partial charge on any atom is 0.256 e. The summed E-state index contributed by atoms with van der Waals surface area (Å²) in [5, 5.41) is 12.9. The van der Waals surface area contributed by atoms with Gasteiger partial charge in [0.15, 0.2) is 11.5 Å². The average molecular weight is 474 g/mol. The normalized spacial score (nSPS) is 14.7. The second kappa shape index (κ2) is 6.78. The van der Waals surface area contributed by atoms with Crippen molar-refractivity contribution < 1.29 is 14.6 Å². The number of hydrogen-bond donors (Lipinski definition) is 2. The molecule has 4 nitrogen and oxygen atoms in total. The van der Waals surface area contributed by atoms with Crippen LogP contribution in [0.3, 0.4) is 0 Å². The van der Waals surface area contributed by atoms with Gasteiger partial charge >= 0.3 is 0 Å². The number of amides is 1. The van der Waals surface area contributed by atoms with Crippen LogP contribution in [0.4, 0.5) is 5.69 Å². The van der Waals surface area contributed by atoms with Crippen molar-refractivity contribution in [3.8, 4) is 11.5 Å². The molecule has 2 N–H and O–H groups in total. The second-order valence-corrected chi connectivity index (χ2v) is 7.28. The number of halogens is 3. The summed E-state index contributed by atoms with van der Waals surface area (Å²) in [6, 6.07) is 6.97. The van der Waals surface area contributed by atoms with Gasteiger partial charge in [-0.05, 0) is 58.8 Å². The molecular formula is C17H12Br2ClNO3. The van der Waals surface area contributed by atoms with E-state index < -0.39 is 0 Å². The van der Waals surface area contributed by atoms with Crippen LogP contribution in [0.2, 0.25) is 5.02 Å². The lowest BCUT2D eigenvalue weighted by atomic mass is 10.0. The number of carbonyl (C=O) groups excluding carboxylic acids is 1. The van der Waals surface area contributed by atoms with Crippen LogP contribution < -0.4 is 10.1 Å². The van der Waals surface area contributed by atoms with Crippen molar-refractivity contribution >= 4 is 66.7 Å². The molecule has 0 atom stereocenters. The molecule has 0 fully saturated rings. The first-order valence-electron chi connectivity index (χ1n) is 7.08. The van der Waals surface area contributed by atoms with Crippen LogP contribution in [-0.2, 0) is 4.79 Å². The van der Waals surface area contributed by atoms with Crippen LogP contribution >= 0.6 is 43.5 Å². The van der Waals surface area contributed by atoms with Crippen LogP contribution in [0.1, 0.15) is 18.1 Å². The molecule has 0 bridgehead atoms. The Bertz CT molecular complexity index is 881. The molecule has 1 aliphatic rings. The Morgan fingerprint density at radius 2 is 2.04 bits per heavy atom. The fraction of sp³-hybridized carbons (Fsp3) is 0.118. The van der Waals surface area contributed by atoms with Crippen molar-refractivity contribution in [3.63, 3.8) is 0 Å². The molecule has 0 radical (unpaired) electrons. The van der Waals surface area contributed by atoms with E-state index in [1.807, 2.05) is 19.1 Å². The van der Waals surface area contributed by atoms with Crippen LogP contribution in [0.25, 0.3) is 11.6 Å². The van der Waals surface area contributed by atoms with Crippen LogP contribution in [-0.4, -0.2) is 17.6 Å². The minimum Gasteiger partial charge on any atom is -0.503 e. The zero-order chi connectivity index (χ0) is 17.4. The molecule has 1 heterocycles. The lowest BCUT2D eigenvalue weighted by molar-refractivity contribution is -0.110. The molecule has 0 spiro atoms. The summed E-state index contributed by atoms with van der Waals surface area (Å²) in [4.78, 5) is 12.3. The number of ether oxygens (including phenoxy) is 1. The summed E-state index contributed by atoms with van der Waals surface area (Å²) in [7, 11) is 0. The third-order valence-corrected chi connectivity index (χ3v) is 4.86. The summed E-state index contributed by atoms with van der Waals surface area (Å²) in [6.45, 7) is 2.21. The lowest BCUT2D eigenvalue weighted by Gasteiger charge is -2.09. The highest BCUT2D eigenvalue weighted by Gasteiger charge is 2.26. The summed E-state index contributed by atoms with van der Waals surface area (Å²) in [5.74, 6) is -0.0284. The first-order chi connectivity index (χ1) is 11.4. The Hall–Kier alpha value is -1.50. The highest BCUT2D eigenvalue weighted by molar-refractivity contribution is 9.11. The van der Waals surface area contributed by atoms with E-state index in [9.17, 15) is 9.90 Å². The predicted molar refractivity (Wildman–Crippen MR) is 103 cm³/mol. The van der Waals surface area contributed by atoms with Gasteiger partial charge in [0, 0.05) is 20.1 Å². The maximum atomic E-state index is 12.3. The highest BCUT2D eigenvalue weighted by atomic mass is 79.9. The van der Waals surface area contributed by atoms with Gasteiger partial charge in [-0.15, -0.1) is 0 Å². The largest absolute Gasteiger partial charge is 0.503 e. The quantitative estimate of drug-likeness (QED) is 0.582. The molecule has 0 unspecified atom stereocenters. The number of aromatic hydroxyl groups is 1. The molecule has 3 rings (SSSR count). The van der Waals surface area contributed by atoms with Crippen molar-refractivity contribution in [1.29, 1.82) is 0 Å². The number of nitrogens with one attached hydrogen (secondary N) is 1. The van der Waals surface area contributed by atoms with Gasteiger partial charge in [-0.1, -0.05) is 27.5 Å². The molecule has 2 aromatic carbocycles. The standard InChI is InChI=1S/C17H12Br2ClNO3/c1-2-24-14-5-8(4-13(20)16(14)22)3-11-10-6-9(18)7-12(19)15(10)21-17(11)23/h3-7,22H,2H2,1H3,(H,21,23)/b11-3+. The van der Waals surface area contributed by atoms with Crippen molar-refractivity contribution in [3.05, 3.63) is 49.4 Å². The van der Waals surface area contributed by atoms with Gasteiger partial charge in [0.05, 0.1) is 17.3 Å². The minimum atomic E-state index is -0.203. The fourth-order valence-corrected chi connectivity index (χ4v) is 4.01. The van der Waals surface area contributed by atoms with E-state index in [-0.39, 0.29) is 22.4 Å². The number of fused-ring (bicyclic) bond motifs is 1. The fourth-order valence-electron chi connectivity index (χ4n) is 2.47. The maximum absolute atomic E-state index is 12.3. The molecule has 1 aliphatic heterocycles. The van der Waals surface area contributed by atoms with Gasteiger partial charge in [0.25, 0.3) is 5.91 Å². The second-order valence-electron chi connectivity index (χ2n) is 5.10. The molecule has 124 valence electrons. The molecule has 7 heteroatoms. The highest BCUT2D eigenvalue weighted by Crippen LogP contribution is 2.42. The van der Waals surface area contributed by atoms with Crippen molar-refractivity contribution in [2.45, 2.75) is 6.92 Å². The Morgan fingerprint density at radius 3 is 2.75 bits per heavy atom. The average Bonchev–Trinajstić information content (AvgIpc) is 2.82. The van der Waals surface area contributed by atoms with E-state index in [2.05, 4.69) is 37.2 Å². The molecule has 1 amide bonds. The number of benzene rings is 2. The van der Waals surface area contributed by atoms with Gasteiger partial charge in [0.2, 0.25) is 0 Å². The number of anilines is 1. The Balaban J connectivity index is 2.12. The molecule has 24 heavy (non-hydrogen) atoms. The van der Waals surface area contributed by atoms with Crippen molar-refractivity contribution in [1.82, 2.24) is 0 Å². The van der Waals surface area contributed by atoms with Crippen LogP contribution in [0.5, 0.6) is 11.5 Å². The van der Waals surface area contributed by atoms with Crippen LogP contribution in [0, 0.1) is 0 Å². The summed E-state index contributed by atoms with van der Waals surface area (Å²) >= 11 is 12.9. The molecule has 2 aromatic rings. The molecule has 0 aromatic heterocycles. The molecule has 0 aliphatic carbocycles. The summed E-state index contributed by atoms with van der Waals surface area (Å²) < 4.78 is 7.03. The number of phenolic OH excluding ortho intramolecular Hbond substituents is 1. The van der Waals surface area contributed by atoms with Gasteiger partial charge in [-0.3, -0.25) is 4.79 Å². The Morgan fingerprint density at radius 1 is 1.29 bits per heavy atom. The predicted octanol–water partition coefficient (Wildman–Crippen LogP) is 5.46. The molecule has 0 saturated heterocycles. The molecule has 0 saturated carbocycles. The van der Waals surface area contributed by atoms with Gasteiger partial charge in [0.1, 0.15) is 0 Å². The summed E-state index contributed by atoms with van der Waals surface area (Å²) in [6.07, 6.45) is 1.72. The minimum absolute atomic E-state index is 0.109. The Labute approximate surface area is 160 Å². The first-order valence-corrected chi connectivity index (χ1v) is 9.05. The smallest absolute Gasteiger partial charge is 0.256 e.